The summed E-state index contributed by atoms with van der Waals surface area (Å²) >= 11 is 1.82. The molecule has 0 aliphatic heterocycles. The Labute approximate surface area is 388 Å². The van der Waals surface area contributed by atoms with Crippen LogP contribution in [0.5, 0.6) is 0 Å². The third-order valence-electron chi connectivity index (χ3n) is 11.7. The molecule has 3 nitrogen and oxygen atoms in total. The molecule has 0 amide bonds. The Morgan fingerprint density at radius 1 is 0.635 bits per heavy atom. The maximum Gasteiger partial charge on any atom is 0.0852 e. The van der Waals surface area contributed by atoms with E-state index in [1.807, 2.05) is 29.5 Å². The SMILES string of the molecule is CC(C)Cc1cc(-c2[c-]cccc2)ncc1[Si](C)(C)C.[Ir].[c-]1cc2sc3ccccc3c2cc1-c1nc2c3ccccc3ccc2n1-c1c(-c2ccccc2)ccc2ccccc12. The Bertz CT molecular complexity index is 3400. The van der Waals surface area contributed by atoms with Crippen molar-refractivity contribution < 1.29 is 20.1 Å². The number of fused-ring (bicyclic) bond motifs is 7. The largest absolute Gasteiger partial charge is 0.332 e. The van der Waals surface area contributed by atoms with Gasteiger partial charge in [0.15, 0.2) is 0 Å². The van der Waals surface area contributed by atoms with E-state index in [4.69, 9.17) is 4.98 Å². The Balaban J connectivity index is 0.000000204. The number of aromatic nitrogens is 3. The zero-order chi connectivity index (χ0) is 42.4. The third kappa shape index (κ3) is 8.21. The minimum Gasteiger partial charge on any atom is -0.332 e. The maximum atomic E-state index is 5.44. The van der Waals surface area contributed by atoms with Crippen LogP contribution in [0.1, 0.15) is 19.4 Å². The molecule has 0 atom stereocenters. The van der Waals surface area contributed by atoms with Crippen LogP contribution in [0.3, 0.4) is 0 Å². The third-order valence-corrected chi connectivity index (χ3v) is 14.9. The van der Waals surface area contributed by atoms with Gasteiger partial charge >= 0.3 is 0 Å². The second-order valence-corrected chi connectivity index (χ2v) is 23.7. The fourth-order valence-corrected chi connectivity index (χ4v) is 11.5. The number of benzene rings is 8. The molecule has 0 fully saturated rings. The molecule has 11 aromatic rings. The van der Waals surface area contributed by atoms with Crippen LogP contribution in [-0.2, 0) is 26.5 Å². The average molecular weight is 1030 g/mol. The van der Waals surface area contributed by atoms with Crippen molar-refractivity contribution in [2.75, 3.05) is 0 Å². The summed E-state index contributed by atoms with van der Waals surface area (Å²) in [7, 11) is -1.34. The number of imidazole rings is 1. The smallest absolute Gasteiger partial charge is 0.0852 e. The van der Waals surface area contributed by atoms with E-state index in [1.54, 1.807) is 0 Å². The molecule has 311 valence electrons. The van der Waals surface area contributed by atoms with Gasteiger partial charge in [0, 0.05) is 47.3 Å². The van der Waals surface area contributed by atoms with Gasteiger partial charge < -0.3 is 9.55 Å². The molecule has 0 aliphatic carbocycles. The first-order valence-corrected chi connectivity index (χ1v) is 25.8. The zero-order valence-corrected chi connectivity index (χ0v) is 40.3. The molecule has 8 aromatic carbocycles. The van der Waals surface area contributed by atoms with E-state index in [-0.39, 0.29) is 20.1 Å². The number of hydrogen-bond acceptors (Lipinski definition) is 3. The number of hydrogen-bond donors (Lipinski definition) is 0. The van der Waals surface area contributed by atoms with Gasteiger partial charge in [-0.3, -0.25) is 4.98 Å². The molecule has 1 radical (unpaired) electrons. The van der Waals surface area contributed by atoms with Gasteiger partial charge in [-0.05, 0) is 61.8 Å². The van der Waals surface area contributed by atoms with Gasteiger partial charge in [-0.25, -0.2) is 0 Å². The Morgan fingerprint density at radius 3 is 2.06 bits per heavy atom. The van der Waals surface area contributed by atoms with E-state index in [1.165, 1.54) is 58.2 Å². The molecular weight excluding hydrogens is 979 g/mol. The monoisotopic (exact) mass is 1030 g/mol. The van der Waals surface area contributed by atoms with Gasteiger partial charge in [0.1, 0.15) is 0 Å². The van der Waals surface area contributed by atoms with Crippen molar-refractivity contribution in [2.24, 2.45) is 5.92 Å². The molecule has 63 heavy (non-hydrogen) atoms. The van der Waals surface area contributed by atoms with Crippen molar-refractivity contribution >= 4 is 77.3 Å². The molecule has 3 aromatic heterocycles. The van der Waals surface area contributed by atoms with Crippen molar-refractivity contribution in [1.82, 2.24) is 14.5 Å². The van der Waals surface area contributed by atoms with Crippen LogP contribution >= 0.6 is 11.3 Å². The Morgan fingerprint density at radius 2 is 1.32 bits per heavy atom. The van der Waals surface area contributed by atoms with Crippen LogP contribution in [0.4, 0.5) is 0 Å². The maximum absolute atomic E-state index is 5.44. The molecular formula is C57H47IrN3SSi-2. The summed E-state index contributed by atoms with van der Waals surface area (Å²) in [5.41, 5.74) is 10.2. The minimum absolute atomic E-state index is 0. The van der Waals surface area contributed by atoms with Gasteiger partial charge in [0.2, 0.25) is 0 Å². The van der Waals surface area contributed by atoms with Gasteiger partial charge in [-0.1, -0.05) is 166 Å². The normalized spacial score (nSPS) is 11.7. The van der Waals surface area contributed by atoms with Gasteiger partial charge in [0.05, 0.1) is 30.6 Å². The Kier molecular flexibility index (Phi) is 11.8. The van der Waals surface area contributed by atoms with Crippen molar-refractivity contribution in [3.8, 4) is 39.5 Å². The molecule has 0 saturated heterocycles. The summed E-state index contributed by atoms with van der Waals surface area (Å²) in [6.45, 7) is 11.7. The van der Waals surface area contributed by atoms with Crippen LogP contribution in [0.25, 0.3) is 92.2 Å². The van der Waals surface area contributed by atoms with E-state index in [0.29, 0.717) is 5.92 Å². The number of nitrogens with zero attached hydrogens (tertiary/aromatic N) is 3. The summed E-state index contributed by atoms with van der Waals surface area (Å²) < 4.78 is 4.90. The van der Waals surface area contributed by atoms with Crippen molar-refractivity contribution in [3.05, 3.63) is 194 Å². The van der Waals surface area contributed by atoms with Crippen LogP contribution in [-0.4, -0.2) is 22.6 Å². The molecule has 0 aliphatic rings. The molecule has 0 spiro atoms. The predicted molar refractivity (Wildman–Crippen MR) is 269 cm³/mol. The fourth-order valence-electron chi connectivity index (χ4n) is 8.85. The number of rotatable bonds is 7. The standard InChI is InChI=1S/C39H23N2S.C18H24NSi.Ir/c1-2-10-25(11-3-1)31-21-18-27-13-5-7-15-30(27)38(31)41-34-22-19-26-12-4-6-14-29(26)37(34)40-39(41)28-20-23-36-33(24-28)32-16-8-9-17-35(32)42-36;1-14(2)11-16-12-17(15-9-7-6-8-10-15)19-13-18(16)20(3,4)5;/h1-19,21-24H;6-9,12-14H,11H2,1-5H3;/q2*-1;. The quantitative estimate of drug-likeness (QED) is 0.118. The topological polar surface area (TPSA) is 30.7 Å². The van der Waals surface area contributed by atoms with Gasteiger partial charge in [-0.2, -0.15) is 11.3 Å². The fraction of sp³-hybridized carbons (Fsp3) is 0.123. The van der Waals surface area contributed by atoms with Crippen molar-refractivity contribution in [1.29, 1.82) is 0 Å². The number of thiophene rings is 1. The van der Waals surface area contributed by atoms with Crippen LogP contribution in [0, 0.1) is 18.1 Å². The van der Waals surface area contributed by atoms with E-state index in [9.17, 15) is 0 Å². The first-order valence-electron chi connectivity index (χ1n) is 21.5. The van der Waals surface area contributed by atoms with Crippen LogP contribution < -0.4 is 5.19 Å². The molecule has 0 unspecified atom stereocenters. The first-order chi connectivity index (χ1) is 30.2. The van der Waals surface area contributed by atoms with Gasteiger partial charge in [-0.15, -0.1) is 59.7 Å². The van der Waals surface area contributed by atoms with E-state index in [2.05, 4.69) is 213 Å². The molecule has 3 heterocycles. The van der Waals surface area contributed by atoms with E-state index >= 15 is 0 Å². The predicted octanol–water partition coefficient (Wildman–Crippen LogP) is 15.1. The Hall–Kier alpha value is -6.01. The van der Waals surface area contributed by atoms with E-state index in [0.717, 1.165) is 51.2 Å². The molecule has 6 heteroatoms. The summed E-state index contributed by atoms with van der Waals surface area (Å²) in [5, 5.41) is 8.73. The summed E-state index contributed by atoms with van der Waals surface area (Å²) in [6.07, 6.45) is 3.24. The van der Waals surface area contributed by atoms with Crippen molar-refractivity contribution in [2.45, 2.75) is 39.9 Å². The molecule has 11 rings (SSSR count). The van der Waals surface area contributed by atoms with Crippen LogP contribution in [0.2, 0.25) is 19.6 Å². The first kappa shape index (κ1) is 42.3. The summed E-state index contributed by atoms with van der Waals surface area (Å²) in [5.74, 6) is 1.56. The van der Waals surface area contributed by atoms with Crippen molar-refractivity contribution in [3.63, 3.8) is 0 Å². The second-order valence-electron chi connectivity index (χ2n) is 17.5. The summed E-state index contributed by atoms with van der Waals surface area (Å²) in [6, 6.07) is 67.1. The van der Waals surface area contributed by atoms with Crippen LogP contribution in [0.15, 0.2) is 176 Å². The minimum atomic E-state index is -1.34. The van der Waals surface area contributed by atoms with E-state index < -0.39 is 8.07 Å². The molecule has 0 saturated carbocycles. The number of pyridine rings is 1. The second kappa shape index (κ2) is 17.6. The zero-order valence-electron chi connectivity index (χ0n) is 36.1. The molecule has 0 bridgehead atoms. The van der Waals surface area contributed by atoms with Gasteiger partial charge in [0.25, 0.3) is 0 Å². The summed E-state index contributed by atoms with van der Waals surface area (Å²) in [4.78, 5) is 10.1. The molecule has 0 N–H and O–H groups in total. The average Bonchev–Trinajstić information content (AvgIpc) is 3.87.